The number of carbonyl (C=O) groups excluding carboxylic acids is 1. The van der Waals surface area contributed by atoms with Crippen LogP contribution in [-0.4, -0.2) is 57.9 Å². The Balaban J connectivity index is 1.46. The fourth-order valence-electron chi connectivity index (χ4n) is 4.31. The van der Waals surface area contributed by atoms with Crippen molar-refractivity contribution in [3.8, 4) is 11.5 Å². The van der Waals surface area contributed by atoms with Gasteiger partial charge in [0.05, 0.1) is 17.1 Å². The van der Waals surface area contributed by atoms with Crippen LogP contribution in [0.15, 0.2) is 10.7 Å². The zero-order valence-corrected chi connectivity index (χ0v) is 19.8. The van der Waals surface area contributed by atoms with Crippen molar-refractivity contribution in [2.45, 2.75) is 56.0 Å². The van der Waals surface area contributed by atoms with Crippen LogP contribution in [0, 0.1) is 0 Å². The Morgan fingerprint density at radius 2 is 1.97 bits per heavy atom. The van der Waals surface area contributed by atoms with Gasteiger partial charge in [-0.25, -0.2) is 19.9 Å². The molecule has 204 valence electrons. The number of hydrogen-bond acceptors (Lipinski definition) is 10. The zero-order chi connectivity index (χ0) is 30.4. The zero-order valence-electron chi connectivity index (χ0n) is 22.8. The fraction of sp³-hybridized carbons (Fsp3) is 0.455. The number of anilines is 2. The predicted octanol–water partition coefficient (Wildman–Crippen LogP) is 3.05. The molecule has 1 saturated carbocycles. The molecule has 2 aliphatic rings. The SMILES string of the molecule is [2H]C([2H])([2H])n1ncc2c(-c3nc(N)c4c(n3)NC(=O)C4(C)c3nc(C4CC4)no3)nc(CCC(F)(F)C(F)(F)F)nc21. The molecule has 0 spiro atoms. The lowest BCUT2D eigenvalue weighted by atomic mass is 9.84. The van der Waals surface area contributed by atoms with E-state index in [1.807, 2.05) is 0 Å². The second-order valence-electron chi connectivity index (χ2n) is 9.45. The summed E-state index contributed by atoms with van der Waals surface area (Å²) in [4.78, 5) is 34.0. The van der Waals surface area contributed by atoms with Gasteiger partial charge in [-0.15, -0.1) is 0 Å². The first kappa shape index (κ1) is 21.6. The minimum absolute atomic E-state index is 0.0417. The van der Waals surface area contributed by atoms with Crippen molar-refractivity contribution in [3.63, 3.8) is 0 Å². The van der Waals surface area contributed by atoms with Crippen molar-refractivity contribution in [2.24, 2.45) is 6.98 Å². The van der Waals surface area contributed by atoms with E-state index in [1.165, 1.54) is 6.92 Å². The highest BCUT2D eigenvalue weighted by Gasteiger charge is 2.57. The highest BCUT2D eigenvalue weighted by molar-refractivity contribution is 6.08. The van der Waals surface area contributed by atoms with Crippen molar-refractivity contribution in [2.75, 3.05) is 11.1 Å². The molecule has 1 fully saturated rings. The normalized spacial score (nSPS) is 21.0. The van der Waals surface area contributed by atoms with Crippen molar-refractivity contribution < 1.29 is 35.4 Å². The number of rotatable bonds is 6. The minimum atomic E-state index is -5.82. The summed E-state index contributed by atoms with van der Waals surface area (Å²) < 4.78 is 94.6. The number of halogens is 5. The molecule has 1 amide bonds. The number of nitrogen functional groups attached to an aromatic ring is 1. The molecule has 39 heavy (non-hydrogen) atoms. The fourth-order valence-corrected chi connectivity index (χ4v) is 4.31. The summed E-state index contributed by atoms with van der Waals surface area (Å²) in [6, 6.07) is 0. The second kappa shape index (κ2) is 8.09. The molecule has 1 aliphatic heterocycles. The van der Waals surface area contributed by atoms with Gasteiger partial charge in [0.25, 0.3) is 0 Å². The summed E-state index contributed by atoms with van der Waals surface area (Å²) in [5.41, 5.74) is 4.16. The number of nitrogens with zero attached hydrogens (tertiary/aromatic N) is 8. The van der Waals surface area contributed by atoms with Gasteiger partial charge < -0.3 is 15.6 Å². The number of fused-ring (bicyclic) bond motifs is 2. The molecule has 0 saturated heterocycles. The largest absolute Gasteiger partial charge is 0.453 e. The molecule has 0 radical (unpaired) electrons. The summed E-state index contributed by atoms with van der Waals surface area (Å²) >= 11 is 0. The highest BCUT2D eigenvalue weighted by Crippen LogP contribution is 2.46. The quantitative estimate of drug-likeness (QED) is 0.339. The Hall–Kier alpha value is -4.31. The lowest BCUT2D eigenvalue weighted by Gasteiger charge is -2.19. The molecule has 1 aliphatic carbocycles. The van der Waals surface area contributed by atoms with E-state index in [0.717, 1.165) is 19.0 Å². The van der Waals surface area contributed by atoms with Crippen LogP contribution in [0.3, 0.4) is 0 Å². The summed E-state index contributed by atoms with van der Waals surface area (Å²) in [5, 5.41) is 10.2. The van der Waals surface area contributed by atoms with Crippen LogP contribution >= 0.6 is 0 Å². The third kappa shape index (κ3) is 3.85. The molecule has 3 N–H and O–H groups in total. The number of aryl methyl sites for hydroxylation is 2. The van der Waals surface area contributed by atoms with Crippen molar-refractivity contribution in [1.82, 2.24) is 39.9 Å². The molecule has 5 heterocycles. The van der Waals surface area contributed by atoms with Gasteiger partial charge in [0.2, 0.25) is 11.8 Å². The molecule has 0 bridgehead atoms. The van der Waals surface area contributed by atoms with E-state index in [9.17, 15) is 26.7 Å². The van der Waals surface area contributed by atoms with Crippen LogP contribution < -0.4 is 11.1 Å². The third-order valence-corrected chi connectivity index (χ3v) is 6.70. The van der Waals surface area contributed by atoms with Crippen LogP contribution in [0.25, 0.3) is 22.6 Å². The molecule has 17 heteroatoms. The topological polar surface area (TPSA) is 163 Å². The number of hydrogen-bond donors (Lipinski definition) is 2. The summed E-state index contributed by atoms with van der Waals surface area (Å²) in [6.45, 7) is -1.41. The molecule has 1 unspecified atom stereocenters. The number of alkyl halides is 5. The van der Waals surface area contributed by atoms with Crippen LogP contribution in [0.1, 0.15) is 59.3 Å². The van der Waals surface area contributed by atoms with Gasteiger partial charge in [0, 0.05) is 29.8 Å². The Labute approximate surface area is 219 Å². The number of carbonyl (C=O) groups is 1. The highest BCUT2D eigenvalue weighted by atomic mass is 19.4. The van der Waals surface area contributed by atoms with E-state index < -0.39 is 49.1 Å². The summed E-state index contributed by atoms with van der Waals surface area (Å²) in [5.74, 6) is -6.30. The third-order valence-electron chi connectivity index (χ3n) is 6.70. The average Bonchev–Trinajstić information content (AvgIpc) is 3.33. The van der Waals surface area contributed by atoms with Gasteiger partial charge in [0.1, 0.15) is 23.2 Å². The smallest absolute Gasteiger partial charge is 0.383 e. The number of amides is 1. The standard InChI is InChI=1S/C22H19F5N10O2/c1-20(19-35-14(36-39-19)8-3-4-8)11-13(28)32-16(33-15(11)34-18(20)38)12-9-7-29-37(2)17(9)31-10(30-12)5-6-21(23,24)22(25,26)27/h7-8H,3-6H2,1-2H3,(H3,28,32,33,34,38)/i2D3. The van der Waals surface area contributed by atoms with Crippen LogP contribution in [0.2, 0.25) is 0 Å². The summed E-state index contributed by atoms with van der Waals surface area (Å²) in [6.07, 6.45) is -5.70. The lowest BCUT2D eigenvalue weighted by molar-refractivity contribution is -0.284. The van der Waals surface area contributed by atoms with Crippen molar-refractivity contribution in [1.29, 1.82) is 0 Å². The number of aromatic nitrogens is 8. The van der Waals surface area contributed by atoms with Crippen LogP contribution in [-0.2, 0) is 23.6 Å². The first-order valence-electron chi connectivity index (χ1n) is 13.0. The minimum Gasteiger partial charge on any atom is -0.383 e. The first-order valence-corrected chi connectivity index (χ1v) is 11.5. The molecule has 4 aromatic heterocycles. The van der Waals surface area contributed by atoms with E-state index in [2.05, 4.69) is 40.5 Å². The van der Waals surface area contributed by atoms with Gasteiger partial charge in [-0.1, -0.05) is 5.16 Å². The predicted molar refractivity (Wildman–Crippen MR) is 122 cm³/mol. The van der Waals surface area contributed by atoms with Crippen molar-refractivity contribution in [3.05, 3.63) is 29.3 Å². The van der Waals surface area contributed by atoms with Gasteiger partial charge in [-0.05, 0) is 19.8 Å². The molecular formula is C22H19F5N10O2. The monoisotopic (exact) mass is 553 g/mol. The molecule has 6 rings (SSSR count). The van der Waals surface area contributed by atoms with E-state index >= 15 is 0 Å². The van der Waals surface area contributed by atoms with Crippen molar-refractivity contribution >= 4 is 28.6 Å². The number of nitrogens with two attached hydrogens (primary N) is 1. The van der Waals surface area contributed by atoms with E-state index in [1.54, 1.807) is 0 Å². The maximum absolute atomic E-state index is 13.7. The van der Waals surface area contributed by atoms with Gasteiger partial charge >= 0.3 is 12.1 Å². The van der Waals surface area contributed by atoms with Gasteiger partial charge in [-0.3, -0.25) is 9.48 Å². The van der Waals surface area contributed by atoms with E-state index in [0.29, 0.717) is 10.5 Å². The lowest BCUT2D eigenvalue weighted by Crippen LogP contribution is -2.36. The average molecular weight is 553 g/mol. The molecule has 4 aromatic rings. The Morgan fingerprint density at radius 1 is 1.21 bits per heavy atom. The van der Waals surface area contributed by atoms with Crippen LogP contribution in [0.5, 0.6) is 0 Å². The Bertz CT molecular complexity index is 1750. The second-order valence-corrected chi connectivity index (χ2v) is 9.45. The molecule has 1 atom stereocenters. The summed E-state index contributed by atoms with van der Waals surface area (Å²) in [7, 11) is 0. The number of nitrogens with one attached hydrogen (secondary N) is 1. The molecule has 12 nitrogen and oxygen atoms in total. The first-order chi connectivity index (χ1) is 19.5. The van der Waals surface area contributed by atoms with E-state index in [4.69, 9.17) is 14.4 Å². The van der Waals surface area contributed by atoms with Gasteiger partial charge in [0.15, 0.2) is 22.7 Å². The molecule has 0 aromatic carbocycles. The molecular weight excluding hydrogens is 531 g/mol. The van der Waals surface area contributed by atoms with Gasteiger partial charge in [-0.2, -0.15) is 32.0 Å². The maximum atomic E-state index is 13.7. The van der Waals surface area contributed by atoms with Crippen LogP contribution in [0.4, 0.5) is 33.6 Å². The van der Waals surface area contributed by atoms with E-state index in [-0.39, 0.29) is 51.6 Å². The Morgan fingerprint density at radius 3 is 2.67 bits per heavy atom. The Kier molecular flexibility index (Phi) is 4.48. The maximum Gasteiger partial charge on any atom is 0.453 e.